The van der Waals surface area contributed by atoms with Gasteiger partial charge in [0.25, 0.3) is 0 Å². The van der Waals surface area contributed by atoms with Crippen molar-refractivity contribution in [2.45, 2.75) is 135 Å². The predicted octanol–water partition coefficient (Wildman–Crippen LogP) is 2.98. The number of allylic oxidation sites excluding steroid dienone is 2. The van der Waals surface area contributed by atoms with Gasteiger partial charge in [-0.2, -0.15) is 0 Å². The molecule has 11 atom stereocenters. The first-order valence-corrected chi connectivity index (χ1v) is 17.0. The standard InChI is InChI=1S/C35H58N2O10/c1-8-27(44-25(5)38)24(4)32-28(45-32)21-34(6,42)14-9-10-22(2)31-23(3)11-12-29(46-33(41)37-18-16-36-17-19-37)35(7,43)15-13-26(39)20-30(40)47-31/h9-12,14,23-29,31-32,36,38-39,42-43H,8,13,15-21H2,1-7H3/b12-11+,14-9+,22-10+. The lowest BCUT2D eigenvalue weighted by Crippen LogP contribution is -2.50. The molecule has 0 aliphatic carbocycles. The molecule has 0 aromatic carbocycles. The Bertz CT molecular complexity index is 1110. The van der Waals surface area contributed by atoms with Crippen LogP contribution in [0.2, 0.25) is 0 Å². The first-order valence-electron chi connectivity index (χ1n) is 17.0. The van der Waals surface area contributed by atoms with Gasteiger partial charge in [0.05, 0.1) is 36.4 Å². The van der Waals surface area contributed by atoms with Gasteiger partial charge in [-0.15, -0.1) is 0 Å². The number of carbonyl (C=O) groups excluding carboxylic acids is 2. The number of piperazine rings is 1. The zero-order valence-electron chi connectivity index (χ0n) is 29.1. The molecule has 0 saturated carbocycles. The quantitative estimate of drug-likeness (QED) is 0.0722. The molecule has 3 aliphatic rings. The molecule has 0 spiro atoms. The Morgan fingerprint density at radius 3 is 2.60 bits per heavy atom. The van der Waals surface area contributed by atoms with Crippen LogP contribution in [-0.4, -0.2) is 118 Å². The van der Waals surface area contributed by atoms with Gasteiger partial charge in [-0.25, -0.2) is 4.79 Å². The molecule has 0 radical (unpaired) electrons. The van der Waals surface area contributed by atoms with Crippen LogP contribution in [0.4, 0.5) is 4.79 Å². The average molecular weight is 667 g/mol. The normalized spacial score (nSPS) is 35.1. The van der Waals surface area contributed by atoms with Crippen molar-refractivity contribution in [3.05, 3.63) is 36.0 Å². The van der Waals surface area contributed by atoms with Crippen LogP contribution in [0, 0.1) is 11.8 Å². The molecule has 3 rings (SSSR count). The zero-order chi connectivity index (χ0) is 34.9. The molecule has 2 saturated heterocycles. The van der Waals surface area contributed by atoms with Gasteiger partial charge in [-0.1, -0.05) is 45.1 Å². The van der Waals surface area contributed by atoms with E-state index in [1.165, 1.54) is 0 Å². The van der Waals surface area contributed by atoms with Gasteiger partial charge >= 0.3 is 12.1 Å². The molecule has 2 fully saturated rings. The Balaban J connectivity index is 1.72. The fraction of sp³-hybridized carbons (Fsp3) is 0.771. The maximum Gasteiger partial charge on any atom is 0.410 e. The molecule has 0 aromatic heterocycles. The van der Waals surface area contributed by atoms with E-state index in [2.05, 4.69) is 5.32 Å². The molecular formula is C35H58N2O10. The minimum Gasteiger partial charge on any atom is -0.457 e. The molecule has 1 amide bonds. The van der Waals surface area contributed by atoms with Crippen LogP contribution in [0.5, 0.6) is 0 Å². The molecule has 0 bridgehead atoms. The molecule has 268 valence electrons. The molecule has 47 heavy (non-hydrogen) atoms. The summed E-state index contributed by atoms with van der Waals surface area (Å²) in [5, 5.41) is 45.8. The number of nitrogens with zero attached hydrogens (tertiary/aromatic N) is 1. The Labute approximate surface area is 279 Å². The minimum absolute atomic E-state index is 0.0549. The molecule has 3 heterocycles. The van der Waals surface area contributed by atoms with Gasteiger partial charge in [0.15, 0.2) is 12.4 Å². The van der Waals surface area contributed by atoms with Crippen LogP contribution in [0.25, 0.3) is 0 Å². The number of epoxide rings is 1. The first kappa shape index (κ1) is 39.1. The Hall–Kier alpha value is -2.32. The second kappa shape index (κ2) is 17.4. The van der Waals surface area contributed by atoms with E-state index in [1.54, 1.807) is 56.1 Å². The third-order valence-electron chi connectivity index (χ3n) is 9.31. The van der Waals surface area contributed by atoms with E-state index in [9.17, 15) is 30.0 Å². The smallest absolute Gasteiger partial charge is 0.410 e. The van der Waals surface area contributed by atoms with Gasteiger partial charge in [-0.3, -0.25) is 4.79 Å². The highest BCUT2D eigenvalue weighted by atomic mass is 16.6. The minimum atomic E-state index is -1.48. The number of ether oxygens (including phenoxy) is 4. The number of aliphatic hydroxyl groups excluding tert-OH is 2. The van der Waals surface area contributed by atoms with Gasteiger partial charge in [0, 0.05) is 44.4 Å². The lowest BCUT2D eigenvalue weighted by Gasteiger charge is -2.35. The number of amides is 1. The molecule has 5 N–H and O–H groups in total. The number of hydrogen-bond donors (Lipinski definition) is 5. The van der Waals surface area contributed by atoms with Crippen LogP contribution >= 0.6 is 0 Å². The van der Waals surface area contributed by atoms with E-state index < -0.39 is 47.9 Å². The van der Waals surface area contributed by atoms with Crippen LogP contribution in [0.1, 0.15) is 80.6 Å². The highest BCUT2D eigenvalue weighted by Gasteiger charge is 2.48. The second-order valence-corrected chi connectivity index (χ2v) is 14.0. The number of nitrogens with one attached hydrogen (secondary N) is 1. The van der Waals surface area contributed by atoms with Crippen LogP contribution in [-0.2, 0) is 23.7 Å². The van der Waals surface area contributed by atoms with Crippen LogP contribution in [0.3, 0.4) is 0 Å². The number of hydrogen-bond acceptors (Lipinski definition) is 11. The van der Waals surface area contributed by atoms with E-state index >= 15 is 0 Å². The van der Waals surface area contributed by atoms with Crippen LogP contribution < -0.4 is 5.32 Å². The number of cyclic esters (lactones) is 1. The lowest BCUT2D eigenvalue weighted by molar-refractivity contribution is -0.151. The Morgan fingerprint density at radius 2 is 1.96 bits per heavy atom. The molecule has 12 nitrogen and oxygen atoms in total. The largest absolute Gasteiger partial charge is 0.457 e. The van der Waals surface area contributed by atoms with E-state index in [4.69, 9.17) is 18.9 Å². The summed E-state index contributed by atoms with van der Waals surface area (Å²) in [6.45, 7) is 14.9. The van der Waals surface area contributed by atoms with Crippen molar-refractivity contribution in [1.82, 2.24) is 10.2 Å². The van der Waals surface area contributed by atoms with E-state index in [0.717, 1.165) is 6.42 Å². The first-order chi connectivity index (χ1) is 22.0. The third-order valence-corrected chi connectivity index (χ3v) is 9.31. The monoisotopic (exact) mass is 666 g/mol. The molecule has 3 aliphatic heterocycles. The van der Waals surface area contributed by atoms with Crippen molar-refractivity contribution in [2.75, 3.05) is 26.2 Å². The summed E-state index contributed by atoms with van der Waals surface area (Å²) >= 11 is 0. The molecule has 12 heteroatoms. The second-order valence-electron chi connectivity index (χ2n) is 14.0. The maximum absolute atomic E-state index is 12.9. The van der Waals surface area contributed by atoms with Crippen molar-refractivity contribution < 1.29 is 49.0 Å². The fourth-order valence-corrected chi connectivity index (χ4v) is 6.30. The Morgan fingerprint density at radius 1 is 1.28 bits per heavy atom. The molecule has 0 aromatic rings. The van der Waals surface area contributed by atoms with Crippen molar-refractivity contribution >= 4 is 12.1 Å². The van der Waals surface area contributed by atoms with Crippen molar-refractivity contribution in [1.29, 1.82) is 0 Å². The summed E-state index contributed by atoms with van der Waals surface area (Å²) in [6, 6.07) is 0. The van der Waals surface area contributed by atoms with Crippen LogP contribution in [0.15, 0.2) is 36.0 Å². The molecule has 11 unspecified atom stereocenters. The van der Waals surface area contributed by atoms with Gasteiger partial charge < -0.3 is 49.6 Å². The van der Waals surface area contributed by atoms with Gasteiger partial charge in [0.1, 0.15) is 11.7 Å². The van der Waals surface area contributed by atoms with Gasteiger partial charge in [0.2, 0.25) is 0 Å². The predicted molar refractivity (Wildman–Crippen MR) is 176 cm³/mol. The third kappa shape index (κ3) is 12.3. The number of esters is 1. The lowest BCUT2D eigenvalue weighted by atomic mass is 9.88. The highest BCUT2D eigenvalue weighted by molar-refractivity contribution is 5.70. The summed E-state index contributed by atoms with van der Waals surface area (Å²) in [7, 11) is 0. The fourth-order valence-electron chi connectivity index (χ4n) is 6.30. The summed E-state index contributed by atoms with van der Waals surface area (Å²) < 4.78 is 23.1. The highest BCUT2D eigenvalue weighted by Crippen LogP contribution is 2.38. The van der Waals surface area contributed by atoms with E-state index in [-0.39, 0.29) is 49.4 Å². The van der Waals surface area contributed by atoms with Crippen molar-refractivity contribution in [3.8, 4) is 0 Å². The summed E-state index contributed by atoms with van der Waals surface area (Å²) in [6.07, 6.45) is 5.17. The SMILES string of the molecule is CCC(OC(C)O)C(C)C1OC1CC(C)(O)/C=C/C=C(\C)C1OC(=O)CC(O)CCC(C)(O)C(OC(=O)N2CCNCC2)/C=C/C1C. The van der Waals surface area contributed by atoms with Gasteiger partial charge in [-0.05, 0) is 58.6 Å². The summed E-state index contributed by atoms with van der Waals surface area (Å²) in [5.74, 6) is -0.891. The Kier molecular flexibility index (Phi) is 14.5. The molecular weight excluding hydrogens is 608 g/mol. The van der Waals surface area contributed by atoms with Crippen molar-refractivity contribution in [2.24, 2.45) is 11.8 Å². The summed E-state index contributed by atoms with van der Waals surface area (Å²) in [5.41, 5.74) is -1.96. The average Bonchev–Trinajstić information content (AvgIpc) is 3.76. The zero-order valence-corrected chi connectivity index (χ0v) is 29.1. The van der Waals surface area contributed by atoms with E-state index in [1.807, 2.05) is 27.7 Å². The van der Waals surface area contributed by atoms with Crippen molar-refractivity contribution in [3.63, 3.8) is 0 Å². The maximum atomic E-state index is 12.9. The summed E-state index contributed by atoms with van der Waals surface area (Å²) in [4.78, 5) is 27.4. The topological polar surface area (TPSA) is 171 Å². The number of carbonyl (C=O) groups is 2. The number of rotatable bonds is 11. The number of aliphatic hydroxyl groups is 4. The van der Waals surface area contributed by atoms with E-state index in [0.29, 0.717) is 38.2 Å².